The zero-order chi connectivity index (χ0) is 19.9. The van der Waals surface area contributed by atoms with Crippen LogP contribution in [0.3, 0.4) is 0 Å². The van der Waals surface area contributed by atoms with Crippen molar-refractivity contribution in [1.29, 1.82) is 0 Å². The fraction of sp³-hybridized carbons (Fsp3) is 0.435. The topological polar surface area (TPSA) is 44.8 Å². The van der Waals surface area contributed by atoms with E-state index in [1.807, 2.05) is 19.2 Å². The Hall–Kier alpha value is -2.53. The molecule has 1 aliphatic heterocycles. The third kappa shape index (κ3) is 5.49. The van der Waals surface area contributed by atoms with Crippen LogP contribution >= 0.6 is 0 Å². The van der Waals surface area contributed by atoms with E-state index in [1.54, 1.807) is 0 Å². The predicted octanol–water partition coefficient (Wildman–Crippen LogP) is 4.11. The van der Waals surface area contributed by atoms with Gasteiger partial charge in [0, 0.05) is 50.2 Å². The summed E-state index contributed by atoms with van der Waals surface area (Å²) in [5, 5.41) is 3.00. The summed E-state index contributed by atoms with van der Waals surface area (Å²) in [5.41, 5.74) is 4.47. The minimum Gasteiger partial charge on any atom is -0.378 e. The lowest BCUT2D eigenvalue weighted by atomic mass is 10.0. The maximum Gasteiger partial charge on any atom is 0.226 e. The van der Waals surface area contributed by atoms with E-state index in [4.69, 9.17) is 4.74 Å². The number of nitrogens with one attached hydrogen (secondary N) is 1. The second kappa shape index (κ2) is 9.60. The van der Waals surface area contributed by atoms with E-state index in [1.165, 1.54) is 11.3 Å². The molecule has 0 unspecified atom stereocenters. The largest absolute Gasteiger partial charge is 0.378 e. The number of amides is 1. The van der Waals surface area contributed by atoms with Crippen molar-refractivity contribution in [3.8, 4) is 0 Å². The van der Waals surface area contributed by atoms with Crippen LogP contribution in [0.2, 0.25) is 0 Å². The first kappa shape index (κ1) is 20.2. The Kier molecular flexibility index (Phi) is 6.93. The maximum absolute atomic E-state index is 12.3. The average Bonchev–Trinajstić information content (AvgIpc) is 2.73. The molecule has 2 aromatic rings. The van der Waals surface area contributed by atoms with Crippen molar-refractivity contribution < 1.29 is 9.53 Å². The molecule has 2 aromatic carbocycles. The van der Waals surface area contributed by atoms with Crippen LogP contribution in [0.25, 0.3) is 0 Å². The second-order valence-electron chi connectivity index (χ2n) is 7.62. The van der Waals surface area contributed by atoms with Gasteiger partial charge in [0.15, 0.2) is 0 Å². The van der Waals surface area contributed by atoms with Gasteiger partial charge < -0.3 is 19.9 Å². The minimum atomic E-state index is 0.0333. The third-order valence-corrected chi connectivity index (χ3v) is 5.18. The summed E-state index contributed by atoms with van der Waals surface area (Å²) in [6, 6.07) is 16.6. The zero-order valence-electron chi connectivity index (χ0n) is 17.1. The SMILES string of the molecule is CC(C)c1cccc(N(C)CCC(=O)Nc2ccc(N3CCOCC3)cc2)c1. The van der Waals surface area contributed by atoms with Crippen molar-refractivity contribution in [1.82, 2.24) is 0 Å². The number of hydrogen-bond acceptors (Lipinski definition) is 4. The summed E-state index contributed by atoms with van der Waals surface area (Å²) in [6.45, 7) is 8.43. The second-order valence-corrected chi connectivity index (χ2v) is 7.62. The van der Waals surface area contributed by atoms with Crippen LogP contribution in [0.5, 0.6) is 0 Å². The molecule has 0 aliphatic carbocycles. The molecule has 0 bridgehead atoms. The number of carbonyl (C=O) groups excluding carboxylic acids is 1. The van der Waals surface area contributed by atoms with Crippen molar-refractivity contribution in [3.05, 3.63) is 54.1 Å². The van der Waals surface area contributed by atoms with Crippen molar-refractivity contribution in [2.45, 2.75) is 26.2 Å². The Morgan fingerprint density at radius 2 is 1.86 bits per heavy atom. The number of anilines is 3. The number of rotatable bonds is 7. The van der Waals surface area contributed by atoms with Gasteiger partial charge in [-0.3, -0.25) is 4.79 Å². The minimum absolute atomic E-state index is 0.0333. The van der Waals surface area contributed by atoms with E-state index in [9.17, 15) is 4.79 Å². The van der Waals surface area contributed by atoms with Gasteiger partial charge in [-0.25, -0.2) is 0 Å². The molecule has 0 saturated carbocycles. The van der Waals surface area contributed by atoms with Gasteiger partial charge in [0.25, 0.3) is 0 Å². The predicted molar refractivity (Wildman–Crippen MR) is 117 cm³/mol. The molecule has 0 aromatic heterocycles. The maximum atomic E-state index is 12.3. The van der Waals surface area contributed by atoms with Crippen LogP contribution in [0.15, 0.2) is 48.5 Å². The molecule has 5 nitrogen and oxygen atoms in total. The van der Waals surface area contributed by atoms with Gasteiger partial charge in [-0.15, -0.1) is 0 Å². The number of nitrogens with zero attached hydrogens (tertiary/aromatic N) is 2. The first-order valence-electron chi connectivity index (χ1n) is 10.1. The molecular weight excluding hydrogens is 350 g/mol. The van der Waals surface area contributed by atoms with Gasteiger partial charge >= 0.3 is 0 Å². The van der Waals surface area contributed by atoms with Crippen molar-refractivity contribution in [3.63, 3.8) is 0 Å². The lowest BCUT2D eigenvalue weighted by Gasteiger charge is -2.28. The summed E-state index contributed by atoms with van der Waals surface area (Å²) >= 11 is 0. The van der Waals surface area contributed by atoms with Crippen LogP contribution in [0.1, 0.15) is 31.7 Å². The van der Waals surface area contributed by atoms with Gasteiger partial charge in [-0.2, -0.15) is 0 Å². The molecule has 0 spiro atoms. The molecule has 5 heteroatoms. The highest BCUT2D eigenvalue weighted by atomic mass is 16.5. The van der Waals surface area contributed by atoms with Gasteiger partial charge in [0.2, 0.25) is 5.91 Å². The number of benzene rings is 2. The number of ether oxygens (including phenoxy) is 1. The molecule has 3 rings (SSSR count). The lowest BCUT2D eigenvalue weighted by molar-refractivity contribution is -0.116. The Balaban J connectivity index is 1.49. The average molecular weight is 382 g/mol. The molecule has 28 heavy (non-hydrogen) atoms. The highest BCUT2D eigenvalue weighted by Gasteiger charge is 2.12. The Morgan fingerprint density at radius 3 is 2.54 bits per heavy atom. The first-order valence-corrected chi connectivity index (χ1v) is 10.1. The summed E-state index contributed by atoms with van der Waals surface area (Å²) in [4.78, 5) is 16.8. The monoisotopic (exact) mass is 381 g/mol. The van der Waals surface area contributed by atoms with E-state index in [0.717, 1.165) is 37.7 Å². The van der Waals surface area contributed by atoms with E-state index >= 15 is 0 Å². The van der Waals surface area contributed by atoms with Crippen LogP contribution in [0.4, 0.5) is 17.1 Å². The molecular formula is C23H31N3O2. The van der Waals surface area contributed by atoms with Gasteiger partial charge in [-0.1, -0.05) is 26.0 Å². The van der Waals surface area contributed by atoms with Crippen molar-refractivity contribution >= 4 is 23.0 Å². The smallest absolute Gasteiger partial charge is 0.226 e. The van der Waals surface area contributed by atoms with Crippen LogP contribution in [-0.4, -0.2) is 45.8 Å². The van der Waals surface area contributed by atoms with Crippen LogP contribution in [0, 0.1) is 0 Å². The fourth-order valence-electron chi connectivity index (χ4n) is 3.32. The number of carbonyl (C=O) groups is 1. The Morgan fingerprint density at radius 1 is 1.14 bits per heavy atom. The third-order valence-electron chi connectivity index (χ3n) is 5.18. The molecule has 1 N–H and O–H groups in total. The standard InChI is InChI=1S/C23H31N3O2/c1-18(2)19-5-4-6-22(17-19)25(3)12-11-23(27)24-20-7-9-21(10-8-20)26-13-15-28-16-14-26/h4-10,17-18H,11-16H2,1-3H3,(H,24,27). The van der Waals surface area contributed by atoms with Crippen LogP contribution < -0.4 is 15.1 Å². The van der Waals surface area contributed by atoms with Gasteiger partial charge in [-0.05, 0) is 47.9 Å². The van der Waals surface area contributed by atoms with E-state index in [2.05, 4.69) is 65.4 Å². The van der Waals surface area contributed by atoms with Gasteiger partial charge in [0.1, 0.15) is 0 Å². The van der Waals surface area contributed by atoms with E-state index in [-0.39, 0.29) is 5.91 Å². The van der Waals surface area contributed by atoms with Crippen molar-refractivity contribution in [2.24, 2.45) is 0 Å². The number of morpholine rings is 1. The summed E-state index contributed by atoms with van der Waals surface area (Å²) in [7, 11) is 2.03. The molecule has 1 aliphatic rings. The normalized spacial score (nSPS) is 14.2. The zero-order valence-corrected chi connectivity index (χ0v) is 17.1. The molecule has 1 saturated heterocycles. The first-order chi connectivity index (χ1) is 13.5. The number of hydrogen-bond donors (Lipinski definition) is 1. The molecule has 1 amide bonds. The summed E-state index contributed by atoms with van der Waals surface area (Å²) in [5.74, 6) is 0.531. The molecule has 150 valence electrons. The fourth-order valence-corrected chi connectivity index (χ4v) is 3.32. The Bertz CT molecular complexity index is 768. The van der Waals surface area contributed by atoms with Crippen LogP contribution in [-0.2, 0) is 9.53 Å². The summed E-state index contributed by atoms with van der Waals surface area (Å²) in [6.07, 6.45) is 0.452. The quantitative estimate of drug-likeness (QED) is 0.784. The lowest BCUT2D eigenvalue weighted by Crippen LogP contribution is -2.36. The molecule has 0 atom stereocenters. The Labute approximate surface area is 168 Å². The van der Waals surface area contributed by atoms with Crippen molar-refractivity contribution in [2.75, 3.05) is 55.0 Å². The van der Waals surface area contributed by atoms with E-state index < -0.39 is 0 Å². The van der Waals surface area contributed by atoms with E-state index in [0.29, 0.717) is 18.9 Å². The summed E-state index contributed by atoms with van der Waals surface area (Å²) < 4.78 is 5.39. The molecule has 1 fully saturated rings. The highest BCUT2D eigenvalue weighted by Crippen LogP contribution is 2.21. The highest BCUT2D eigenvalue weighted by molar-refractivity contribution is 5.91. The van der Waals surface area contributed by atoms with Gasteiger partial charge in [0.05, 0.1) is 13.2 Å². The molecule has 0 radical (unpaired) electrons. The molecule has 1 heterocycles.